The summed E-state index contributed by atoms with van der Waals surface area (Å²) >= 11 is 1.18. The second kappa shape index (κ2) is 2.58. The Labute approximate surface area is 61.9 Å². The molecule has 0 aliphatic carbocycles. The van der Waals surface area contributed by atoms with Gasteiger partial charge in [-0.1, -0.05) is 0 Å². The minimum Gasteiger partial charge on any atom is -0.293 e. The van der Waals surface area contributed by atoms with E-state index in [1.807, 2.05) is 6.07 Å². The number of hydrogen-bond acceptors (Lipinski definition) is 4. The monoisotopic (exact) mass is 152 g/mol. The van der Waals surface area contributed by atoms with Crippen LogP contribution in [0.15, 0.2) is 5.51 Å². The van der Waals surface area contributed by atoms with Gasteiger partial charge in [-0.3, -0.25) is 4.79 Å². The van der Waals surface area contributed by atoms with Crippen LogP contribution in [0.2, 0.25) is 0 Å². The summed E-state index contributed by atoms with van der Waals surface area (Å²) in [4.78, 5) is 14.8. The van der Waals surface area contributed by atoms with Gasteiger partial charge in [0.1, 0.15) is 16.6 Å². The first-order chi connectivity index (χ1) is 4.75. The number of carbonyl (C=O) groups excluding carboxylic acids is 1. The normalized spacial score (nSPS) is 8.80. The molecular formula is C6H4N2OS. The Morgan fingerprint density at radius 2 is 2.60 bits per heavy atom. The lowest BCUT2D eigenvalue weighted by atomic mass is 10.3. The van der Waals surface area contributed by atoms with E-state index in [0.717, 1.165) is 0 Å². The fourth-order valence-corrected chi connectivity index (χ4v) is 1.20. The Morgan fingerprint density at radius 1 is 1.90 bits per heavy atom. The summed E-state index contributed by atoms with van der Waals surface area (Å²) in [7, 11) is 0. The number of ketones is 1. The van der Waals surface area contributed by atoms with Gasteiger partial charge in [0, 0.05) is 6.92 Å². The second-order valence-corrected chi connectivity index (χ2v) is 2.55. The third-order valence-corrected chi connectivity index (χ3v) is 1.73. The molecule has 0 bridgehead atoms. The van der Waals surface area contributed by atoms with E-state index in [-0.39, 0.29) is 11.5 Å². The predicted octanol–water partition coefficient (Wildman–Crippen LogP) is 1.22. The molecule has 0 aromatic carbocycles. The van der Waals surface area contributed by atoms with Gasteiger partial charge in [-0.15, -0.1) is 11.3 Å². The van der Waals surface area contributed by atoms with Crippen molar-refractivity contribution < 1.29 is 4.79 Å². The molecule has 1 aromatic heterocycles. The van der Waals surface area contributed by atoms with Crippen molar-refractivity contribution in [1.29, 1.82) is 5.26 Å². The Kier molecular flexibility index (Phi) is 1.78. The quantitative estimate of drug-likeness (QED) is 0.568. The molecule has 1 heterocycles. The maximum Gasteiger partial charge on any atom is 0.180 e. The summed E-state index contributed by atoms with van der Waals surface area (Å²) in [6.45, 7) is 1.40. The molecule has 0 aliphatic heterocycles. The molecule has 0 unspecified atom stereocenters. The van der Waals surface area contributed by atoms with E-state index in [0.29, 0.717) is 4.88 Å². The lowest BCUT2D eigenvalue weighted by Gasteiger charge is -1.83. The standard InChI is InChI=1S/C6H4N2OS/c1-4(9)6-5(2-7)10-3-8-6/h3H,1H3. The van der Waals surface area contributed by atoms with Crippen molar-refractivity contribution in [3.63, 3.8) is 0 Å². The van der Waals surface area contributed by atoms with Gasteiger partial charge in [0.15, 0.2) is 5.78 Å². The first-order valence-electron chi connectivity index (χ1n) is 2.60. The van der Waals surface area contributed by atoms with E-state index < -0.39 is 0 Å². The average molecular weight is 152 g/mol. The van der Waals surface area contributed by atoms with E-state index in [9.17, 15) is 4.79 Å². The van der Waals surface area contributed by atoms with E-state index in [1.165, 1.54) is 23.8 Å². The molecule has 0 fully saturated rings. The van der Waals surface area contributed by atoms with Gasteiger partial charge >= 0.3 is 0 Å². The minimum absolute atomic E-state index is 0.155. The first-order valence-corrected chi connectivity index (χ1v) is 3.48. The van der Waals surface area contributed by atoms with E-state index in [2.05, 4.69) is 4.98 Å². The number of nitrogens with zero attached hydrogens (tertiary/aromatic N) is 2. The van der Waals surface area contributed by atoms with Gasteiger partial charge in [-0.05, 0) is 0 Å². The lowest BCUT2D eigenvalue weighted by molar-refractivity contribution is 0.101. The minimum atomic E-state index is -0.155. The molecule has 10 heavy (non-hydrogen) atoms. The Bertz CT molecular complexity index is 297. The summed E-state index contributed by atoms with van der Waals surface area (Å²) in [5.74, 6) is -0.155. The Balaban J connectivity index is 3.17. The van der Waals surface area contributed by atoms with E-state index in [1.54, 1.807) is 0 Å². The van der Waals surface area contributed by atoms with Crippen LogP contribution in [0, 0.1) is 11.3 Å². The molecular weight excluding hydrogens is 148 g/mol. The lowest BCUT2D eigenvalue weighted by Crippen LogP contribution is -1.93. The van der Waals surface area contributed by atoms with Crippen LogP contribution in [-0.4, -0.2) is 10.8 Å². The molecule has 0 saturated heterocycles. The zero-order valence-electron chi connectivity index (χ0n) is 5.29. The summed E-state index contributed by atoms with van der Waals surface area (Å²) in [6, 6.07) is 1.89. The van der Waals surface area contributed by atoms with Crippen molar-refractivity contribution in [3.05, 3.63) is 16.1 Å². The second-order valence-electron chi connectivity index (χ2n) is 1.70. The molecule has 50 valence electrons. The molecule has 3 nitrogen and oxygen atoms in total. The summed E-state index contributed by atoms with van der Waals surface area (Å²) in [6.07, 6.45) is 0. The zero-order chi connectivity index (χ0) is 7.56. The molecule has 0 amide bonds. The molecule has 1 rings (SSSR count). The SMILES string of the molecule is CC(=O)c1ncsc1C#N. The van der Waals surface area contributed by atoms with Crippen molar-refractivity contribution >= 4 is 17.1 Å². The van der Waals surface area contributed by atoms with Crippen LogP contribution in [0.25, 0.3) is 0 Å². The average Bonchev–Trinajstić information content (AvgIpc) is 2.33. The van der Waals surface area contributed by atoms with Gasteiger partial charge in [-0.2, -0.15) is 5.26 Å². The van der Waals surface area contributed by atoms with Crippen LogP contribution in [0.4, 0.5) is 0 Å². The van der Waals surface area contributed by atoms with E-state index in [4.69, 9.17) is 5.26 Å². The largest absolute Gasteiger partial charge is 0.293 e. The van der Waals surface area contributed by atoms with Crippen LogP contribution in [0.5, 0.6) is 0 Å². The van der Waals surface area contributed by atoms with Crippen LogP contribution in [-0.2, 0) is 0 Å². The topological polar surface area (TPSA) is 53.8 Å². The zero-order valence-corrected chi connectivity index (χ0v) is 6.10. The third kappa shape index (κ3) is 1.04. The summed E-state index contributed by atoms with van der Waals surface area (Å²) in [5, 5.41) is 8.42. The summed E-state index contributed by atoms with van der Waals surface area (Å²) < 4.78 is 0. The maximum atomic E-state index is 10.7. The van der Waals surface area contributed by atoms with Gasteiger partial charge in [0.25, 0.3) is 0 Å². The maximum absolute atomic E-state index is 10.7. The highest BCUT2D eigenvalue weighted by Gasteiger charge is 2.08. The van der Waals surface area contributed by atoms with Gasteiger partial charge < -0.3 is 0 Å². The number of rotatable bonds is 1. The Hall–Kier alpha value is -1.21. The number of hydrogen-bond donors (Lipinski definition) is 0. The first kappa shape index (κ1) is 6.90. The fraction of sp³-hybridized carbons (Fsp3) is 0.167. The van der Waals surface area contributed by atoms with Crippen molar-refractivity contribution in [2.24, 2.45) is 0 Å². The van der Waals surface area contributed by atoms with Gasteiger partial charge in [0.05, 0.1) is 5.51 Å². The highest BCUT2D eigenvalue weighted by Crippen LogP contribution is 2.11. The van der Waals surface area contributed by atoms with Crippen molar-refractivity contribution in [2.45, 2.75) is 6.92 Å². The molecule has 0 spiro atoms. The van der Waals surface area contributed by atoms with Gasteiger partial charge in [-0.25, -0.2) is 4.98 Å². The number of Topliss-reactive ketones (excluding diaryl/α,β-unsaturated/α-hetero) is 1. The van der Waals surface area contributed by atoms with Gasteiger partial charge in [0.2, 0.25) is 0 Å². The molecule has 0 aliphatic rings. The van der Waals surface area contributed by atoms with Crippen molar-refractivity contribution in [1.82, 2.24) is 4.98 Å². The molecule has 1 aromatic rings. The molecule has 0 saturated carbocycles. The van der Waals surface area contributed by atoms with E-state index >= 15 is 0 Å². The molecule has 0 atom stereocenters. The number of thiazole rings is 1. The highest BCUT2D eigenvalue weighted by atomic mass is 32.1. The fourth-order valence-electron chi connectivity index (χ4n) is 0.576. The molecule has 4 heteroatoms. The van der Waals surface area contributed by atoms with Crippen LogP contribution >= 0.6 is 11.3 Å². The number of nitriles is 1. The molecule has 0 N–H and O–H groups in total. The van der Waals surface area contributed by atoms with Crippen molar-refractivity contribution in [3.8, 4) is 6.07 Å². The smallest absolute Gasteiger partial charge is 0.180 e. The number of aromatic nitrogens is 1. The predicted molar refractivity (Wildman–Crippen MR) is 36.8 cm³/mol. The Morgan fingerprint density at radius 3 is 3.00 bits per heavy atom. The van der Waals surface area contributed by atoms with Crippen LogP contribution < -0.4 is 0 Å². The van der Waals surface area contributed by atoms with Crippen LogP contribution in [0.3, 0.4) is 0 Å². The van der Waals surface area contributed by atoms with Crippen LogP contribution in [0.1, 0.15) is 22.3 Å². The van der Waals surface area contributed by atoms with Crippen molar-refractivity contribution in [2.75, 3.05) is 0 Å². The molecule has 0 radical (unpaired) electrons. The third-order valence-electron chi connectivity index (χ3n) is 1.00. The summed E-state index contributed by atoms with van der Waals surface area (Å²) in [5.41, 5.74) is 1.78. The number of carbonyl (C=O) groups is 1. The highest BCUT2D eigenvalue weighted by molar-refractivity contribution is 7.10.